The predicted molar refractivity (Wildman–Crippen MR) is 82.4 cm³/mol. The minimum atomic E-state index is -3.01. The lowest BCUT2D eigenvalue weighted by atomic mass is 10.2. The Morgan fingerprint density at radius 2 is 2.25 bits per heavy atom. The SMILES string of the molecule is COc1cccc(NC2CS(=O)(=O)CC2SCCO)c1. The van der Waals surface area contributed by atoms with Gasteiger partial charge in [-0.25, -0.2) is 8.42 Å². The quantitative estimate of drug-likeness (QED) is 0.815. The van der Waals surface area contributed by atoms with E-state index in [-0.39, 0.29) is 29.4 Å². The van der Waals surface area contributed by atoms with Gasteiger partial charge in [-0.3, -0.25) is 0 Å². The molecule has 5 nitrogen and oxygen atoms in total. The number of methoxy groups -OCH3 is 1. The minimum Gasteiger partial charge on any atom is -0.497 e. The lowest BCUT2D eigenvalue weighted by molar-refractivity contribution is 0.322. The Labute approximate surface area is 123 Å². The molecule has 0 saturated carbocycles. The Morgan fingerprint density at radius 3 is 2.95 bits per heavy atom. The number of ether oxygens (including phenoxy) is 1. The molecular weight excluding hydrogens is 298 g/mol. The van der Waals surface area contributed by atoms with E-state index < -0.39 is 9.84 Å². The molecule has 1 aliphatic rings. The summed E-state index contributed by atoms with van der Waals surface area (Å²) in [5.41, 5.74) is 0.848. The van der Waals surface area contributed by atoms with Crippen LogP contribution in [-0.2, 0) is 9.84 Å². The third-order valence-electron chi connectivity index (χ3n) is 3.15. The molecule has 0 amide bonds. The van der Waals surface area contributed by atoms with Gasteiger partial charge in [0.05, 0.1) is 31.3 Å². The maximum Gasteiger partial charge on any atom is 0.153 e. The van der Waals surface area contributed by atoms with E-state index in [0.29, 0.717) is 5.75 Å². The first-order valence-electron chi connectivity index (χ1n) is 6.37. The number of rotatable bonds is 6. The summed E-state index contributed by atoms with van der Waals surface area (Å²) in [5, 5.41) is 12.1. The lowest BCUT2D eigenvalue weighted by Gasteiger charge is -2.20. The smallest absolute Gasteiger partial charge is 0.153 e. The molecule has 1 aromatic rings. The highest BCUT2D eigenvalue weighted by atomic mass is 32.2. The topological polar surface area (TPSA) is 75.6 Å². The number of aliphatic hydroxyl groups excluding tert-OH is 1. The average molecular weight is 317 g/mol. The first-order valence-corrected chi connectivity index (χ1v) is 9.24. The van der Waals surface area contributed by atoms with Crippen molar-refractivity contribution in [2.75, 3.05) is 36.3 Å². The first-order chi connectivity index (χ1) is 9.54. The number of nitrogens with one attached hydrogen (secondary N) is 1. The van der Waals surface area contributed by atoms with Gasteiger partial charge in [-0.15, -0.1) is 0 Å². The Hall–Kier alpha value is -0.920. The Balaban J connectivity index is 2.08. The van der Waals surface area contributed by atoms with Crippen LogP contribution in [0.4, 0.5) is 5.69 Å². The average Bonchev–Trinajstić information content (AvgIpc) is 2.71. The highest BCUT2D eigenvalue weighted by Crippen LogP contribution is 2.28. The zero-order valence-corrected chi connectivity index (χ0v) is 12.9. The third kappa shape index (κ3) is 4.04. The maximum atomic E-state index is 11.8. The van der Waals surface area contributed by atoms with Crippen LogP contribution >= 0.6 is 11.8 Å². The zero-order chi connectivity index (χ0) is 14.6. The fourth-order valence-corrected chi connectivity index (χ4v) is 5.91. The van der Waals surface area contributed by atoms with Crippen molar-refractivity contribution in [1.82, 2.24) is 0 Å². The summed E-state index contributed by atoms with van der Waals surface area (Å²) >= 11 is 1.50. The van der Waals surface area contributed by atoms with Crippen LogP contribution in [0.2, 0.25) is 0 Å². The van der Waals surface area contributed by atoms with E-state index in [1.807, 2.05) is 24.3 Å². The van der Waals surface area contributed by atoms with Gasteiger partial charge in [-0.1, -0.05) is 6.07 Å². The molecule has 1 aliphatic heterocycles. The maximum absolute atomic E-state index is 11.8. The van der Waals surface area contributed by atoms with Crippen molar-refractivity contribution in [3.05, 3.63) is 24.3 Å². The molecule has 2 atom stereocenters. The van der Waals surface area contributed by atoms with Crippen LogP contribution in [0.1, 0.15) is 0 Å². The number of aliphatic hydroxyl groups is 1. The molecule has 7 heteroatoms. The van der Waals surface area contributed by atoms with Crippen molar-refractivity contribution in [3.63, 3.8) is 0 Å². The van der Waals surface area contributed by atoms with Crippen LogP contribution < -0.4 is 10.1 Å². The van der Waals surface area contributed by atoms with Crippen molar-refractivity contribution >= 4 is 27.3 Å². The largest absolute Gasteiger partial charge is 0.497 e. The second kappa shape index (κ2) is 6.69. The van der Waals surface area contributed by atoms with E-state index in [1.54, 1.807) is 7.11 Å². The minimum absolute atomic E-state index is 0.0293. The van der Waals surface area contributed by atoms with Gasteiger partial charge in [0.15, 0.2) is 9.84 Å². The second-order valence-electron chi connectivity index (χ2n) is 4.69. The molecule has 2 unspecified atom stereocenters. The summed E-state index contributed by atoms with van der Waals surface area (Å²) in [4.78, 5) is 0. The number of sulfone groups is 1. The zero-order valence-electron chi connectivity index (χ0n) is 11.3. The van der Waals surface area contributed by atoms with Gasteiger partial charge < -0.3 is 15.2 Å². The normalized spacial score (nSPS) is 24.5. The van der Waals surface area contributed by atoms with Gasteiger partial charge in [0.25, 0.3) is 0 Å². The number of benzene rings is 1. The van der Waals surface area contributed by atoms with Crippen molar-refractivity contribution in [2.24, 2.45) is 0 Å². The van der Waals surface area contributed by atoms with Crippen LogP contribution in [0.5, 0.6) is 5.75 Å². The lowest BCUT2D eigenvalue weighted by Crippen LogP contribution is -2.30. The molecule has 1 saturated heterocycles. The number of hydrogen-bond acceptors (Lipinski definition) is 6. The molecule has 1 heterocycles. The van der Waals surface area contributed by atoms with Gasteiger partial charge >= 0.3 is 0 Å². The Bertz CT molecular complexity index is 547. The Morgan fingerprint density at radius 1 is 1.45 bits per heavy atom. The molecule has 112 valence electrons. The van der Waals surface area contributed by atoms with Crippen LogP contribution in [0.15, 0.2) is 24.3 Å². The molecule has 1 fully saturated rings. The summed E-state index contributed by atoms with van der Waals surface area (Å²) in [6.45, 7) is 0.0626. The van der Waals surface area contributed by atoms with Gasteiger partial charge in [0, 0.05) is 22.8 Å². The standard InChI is InChI=1S/C13H19NO4S2/c1-18-11-4-2-3-10(7-11)14-12-8-20(16,17)9-13(12)19-6-5-15/h2-4,7,12-15H,5-6,8-9H2,1H3. The van der Waals surface area contributed by atoms with Crippen LogP contribution in [0.25, 0.3) is 0 Å². The number of thioether (sulfide) groups is 1. The molecule has 0 radical (unpaired) electrons. The van der Waals surface area contributed by atoms with Crippen molar-refractivity contribution < 1.29 is 18.3 Å². The van der Waals surface area contributed by atoms with E-state index in [0.717, 1.165) is 11.4 Å². The van der Waals surface area contributed by atoms with Crippen LogP contribution in [0.3, 0.4) is 0 Å². The monoisotopic (exact) mass is 317 g/mol. The summed E-state index contributed by atoms with van der Waals surface area (Å²) < 4.78 is 28.7. The molecule has 0 spiro atoms. The van der Waals surface area contributed by atoms with E-state index in [1.165, 1.54) is 11.8 Å². The van der Waals surface area contributed by atoms with Crippen molar-refractivity contribution in [2.45, 2.75) is 11.3 Å². The molecule has 2 N–H and O–H groups in total. The number of hydrogen-bond donors (Lipinski definition) is 2. The van der Waals surface area contributed by atoms with Crippen molar-refractivity contribution in [3.8, 4) is 5.75 Å². The predicted octanol–water partition coefficient (Wildman–Crippen LogP) is 0.998. The fraction of sp³-hybridized carbons (Fsp3) is 0.538. The summed E-state index contributed by atoms with van der Waals surface area (Å²) in [5.74, 6) is 1.58. The fourth-order valence-electron chi connectivity index (χ4n) is 2.25. The molecule has 0 aliphatic carbocycles. The van der Waals surface area contributed by atoms with Crippen molar-refractivity contribution in [1.29, 1.82) is 0 Å². The van der Waals surface area contributed by atoms with Gasteiger partial charge in [-0.2, -0.15) is 11.8 Å². The van der Waals surface area contributed by atoms with E-state index >= 15 is 0 Å². The molecule has 1 aromatic carbocycles. The van der Waals surface area contributed by atoms with E-state index in [2.05, 4.69) is 5.32 Å². The van der Waals surface area contributed by atoms with Gasteiger partial charge in [0.2, 0.25) is 0 Å². The summed E-state index contributed by atoms with van der Waals surface area (Å²) in [6.07, 6.45) is 0. The Kier molecular flexibility index (Phi) is 5.17. The highest BCUT2D eigenvalue weighted by molar-refractivity contribution is 8.01. The van der Waals surface area contributed by atoms with E-state index in [9.17, 15) is 8.42 Å². The molecule has 0 aromatic heterocycles. The van der Waals surface area contributed by atoms with Crippen LogP contribution in [-0.4, -0.2) is 55.8 Å². The van der Waals surface area contributed by atoms with E-state index in [4.69, 9.17) is 9.84 Å². The highest BCUT2D eigenvalue weighted by Gasteiger charge is 2.37. The molecule has 20 heavy (non-hydrogen) atoms. The second-order valence-corrected chi connectivity index (χ2v) is 8.19. The molecule has 2 rings (SSSR count). The van der Waals surface area contributed by atoms with Crippen LogP contribution in [0, 0.1) is 0 Å². The number of anilines is 1. The summed E-state index contributed by atoms with van der Waals surface area (Å²) in [6, 6.07) is 7.30. The van der Waals surface area contributed by atoms with Gasteiger partial charge in [0.1, 0.15) is 5.75 Å². The molecular formula is C13H19NO4S2. The van der Waals surface area contributed by atoms with Gasteiger partial charge in [-0.05, 0) is 12.1 Å². The molecule has 0 bridgehead atoms. The summed E-state index contributed by atoms with van der Waals surface area (Å²) in [7, 11) is -1.41. The first kappa shape index (κ1) is 15.5. The third-order valence-corrected chi connectivity index (χ3v) is 6.43.